The van der Waals surface area contributed by atoms with E-state index in [2.05, 4.69) is 5.10 Å². The highest BCUT2D eigenvalue weighted by molar-refractivity contribution is 6.13. The fraction of sp³-hybridized carbons (Fsp3) is 0.333. The summed E-state index contributed by atoms with van der Waals surface area (Å²) in [5.41, 5.74) is -0.218. The van der Waals surface area contributed by atoms with E-state index in [0.717, 1.165) is 17.1 Å². The Morgan fingerprint density at radius 1 is 1.42 bits per heavy atom. The summed E-state index contributed by atoms with van der Waals surface area (Å²) >= 11 is 0. The first-order valence-electron chi connectivity index (χ1n) is 5.47. The van der Waals surface area contributed by atoms with Crippen LogP contribution in [-0.2, 0) is 15.7 Å². The van der Waals surface area contributed by atoms with Crippen molar-refractivity contribution in [1.29, 1.82) is 0 Å². The van der Waals surface area contributed by atoms with Crippen LogP contribution in [0.5, 0.6) is 0 Å². The number of hydrogen-bond acceptors (Lipinski definition) is 3. The van der Waals surface area contributed by atoms with Crippen molar-refractivity contribution in [2.45, 2.75) is 12.6 Å². The quantitative estimate of drug-likeness (QED) is 0.848. The van der Waals surface area contributed by atoms with Crippen LogP contribution >= 0.6 is 0 Å². The Hall–Kier alpha value is -1.89. The molecule has 0 spiro atoms. The van der Waals surface area contributed by atoms with E-state index in [9.17, 15) is 18.0 Å². The van der Waals surface area contributed by atoms with Gasteiger partial charge in [0.1, 0.15) is 0 Å². The van der Waals surface area contributed by atoms with Crippen LogP contribution in [0.15, 0.2) is 29.4 Å². The summed E-state index contributed by atoms with van der Waals surface area (Å²) in [5, 5.41) is 4.94. The van der Waals surface area contributed by atoms with Crippen LogP contribution in [0, 0.1) is 0 Å². The first-order valence-corrected chi connectivity index (χ1v) is 5.47. The molecule has 0 saturated carbocycles. The Morgan fingerprint density at radius 3 is 2.79 bits per heavy atom. The largest absolute Gasteiger partial charge is 0.416 e. The molecule has 1 amide bonds. The second-order valence-corrected chi connectivity index (χ2v) is 4.03. The number of halogens is 3. The molecule has 4 nitrogen and oxygen atoms in total. The summed E-state index contributed by atoms with van der Waals surface area (Å²) in [5.74, 6) is -0.369. The molecular weight excluding hydrogens is 261 g/mol. The van der Waals surface area contributed by atoms with E-state index in [1.54, 1.807) is 0 Å². The Labute approximate surface area is 107 Å². The maximum Gasteiger partial charge on any atom is 0.416 e. The van der Waals surface area contributed by atoms with Gasteiger partial charge in [0.05, 0.1) is 30.0 Å². The lowest BCUT2D eigenvalue weighted by Gasteiger charge is -2.14. The second kappa shape index (κ2) is 5.00. The van der Waals surface area contributed by atoms with Crippen molar-refractivity contribution < 1.29 is 22.7 Å². The van der Waals surface area contributed by atoms with Gasteiger partial charge < -0.3 is 4.74 Å². The van der Waals surface area contributed by atoms with Crippen molar-refractivity contribution in [3.8, 4) is 0 Å². The number of amides is 1. The van der Waals surface area contributed by atoms with E-state index in [1.165, 1.54) is 19.2 Å². The molecule has 0 aromatic heterocycles. The summed E-state index contributed by atoms with van der Waals surface area (Å²) in [4.78, 5) is 11.7. The average Bonchev–Trinajstić information content (AvgIpc) is 2.70. The van der Waals surface area contributed by atoms with Crippen molar-refractivity contribution in [3.63, 3.8) is 0 Å². The summed E-state index contributed by atoms with van der Waals surface area (Å²) in [6, 6.07) is 4.50. The number of carbonyl (C=O) groups is 1. The predicted molar refractivity (Wildman–Crippen MR) is 62.9 cm³/mol. The minimum Gasteiger partial charge on any atom is -0.379 e. The number of rotatable bonds is 3. The average molecular weight is 272 g/mol. The van der Waals surface area contributed by atoms with Gasteiger partial charge in [0, 0.05) is 7.11 Å². The van der Waals surface area contributed by atoms with Gasteiger partial charge in [-0.3, -0.25) is 4.79 Å². The van der Waals surface area contributed by atoms with E-state index in [4.69, 9.17) is 4.74 Å². The first-order chi connectivity index (χ1) is 8.91. The van der Waals surface area contributed by atoms with Crippen molar-refractivity contribution in [3.05, 3.63) is 29.8 Å². The zero-order chi connectivity index (χ0) is 14.0. The molecule has 102 valence electrons. The van der Waals surface area contributed by atoms with Crippen LogP contribution in [0.2, 0.25) is 0 Å². The number of anilines is 1. The Kier molecular flexibility index (Phi) is 3.57. The van der Waals surface area contributed by atoms with Crippen LogP contribution in [-0.4, -0.2) is 25.3 Å². The smallest absolute Gasteiger partial charge is 0.379 e. The topological polar surface area (TPSA) is 41.9 Å². The molecular formula is C12H11F3N2O2. The van der Waals surface area contributed by atoms with Gasteiger partial charge in [-0.05, 0) is 18.2 Å². The summed E-state index contributed by atoms with van der Waals surface area (Å²) in [6.45, 7) is 0.182. The molecule has 0 bridgehead atoms. The maximum absolute atomic E-state index is 12.6. The van der Waals surface area contributed by atoms with Gasteiger partial charge in [-0.1, -0.05) is 6.07 Å². The maximum atomic E-state index is 12.6. The molecule has 0 saturated heterocycles. The van der Waals surface area contributed by atoms with Gasteiger partial charge in [0.15, 0.2) is 0 Å². The number of alkyl halides is 3. The van der Waals surface area contributed by atoms with Crippen LogP contribution in [0.1, 0.15) is 12.0 Å². The number of methoxy groups -OCH3 is 1. The molecule has 1 aromatic carbocycles. The molecule has 1 aliphatic heterocycles. The molecule has 0 unspecified atom stereocenters. The Balaban J connectivity index is 2.30. The van der Waals surface area contributed by atoms with Crippen LogP contribution in [0.25, 0.3) is 0 Å². The standard InChI is InChI=1S/C12H11F3N2O2/c1-19-7-9-6-11(18)17(16-9)10-4-2-3-8(5-10)12(13,14)15/h2-5H,6-7H2,1H3. The minimum absolute atomic E-state index is 0.0596. The molecule has 0 fully saturated rings. The van der Waals surface area contributed by atoms with E-state index in [1.807, 2.05) is 0 Å². The normalized spacial score (nSPS) is 15.9. The van der Waals surface area contributed by atoms with E-state index < -0.39 is 11.7 Å². The Bertz CT molecular complexity index is 526. The number of hydrogen-bond donors (Lipinski definition) is 0. The van der Waals surface area contributed by atoms with Crippen LogP contribution < -0.4 is 5.01 Å². The molecule has 0 N–H and O–H groups in total. The third-order valence-corrected chi connectivity index (χ3v) is 2.56. The van der Waals surface area contributed by atoms with Crippen molar-refractivity contribution >= 4 is 17.3 Å². The number of ether oxygens (including phenoxy) is 1. The molecule has 1 heterocycles. The van der Waals surface area contributed by atoms with Gasteiger partial charge in [-0.15, -0.1) is 0 Å². The Morgan fingerprint density at radius 2 is 2.16 bits per heavy atom. The van der Waals surface area contributed by atoms with Gasteiger partial charge >= 0.3 is 6.18 Å². The zero-order valence-corrected chi connectivity index (χ0v) is 10.1. The van der Waals surface area contributed by atoms with E-state index in [-0.39, 0.29) is 24.6 Å². The van der Waals surface area contributed by atoms with Crippen LogP contribution in [0.3, 0.4) is 0 Å². The lowest BCUT2D eigenvalue weighted by molar-refractivity contribution is -0.137. The molecule has 2 rings (SSSR count). The highest BCUT2D eigenvalue weighted by Crippen LogP contribution is 2.32. The molecule has 0 aliphatic carbocycles. The van der Waals surface area contributed by atoms with Crippen molar-refractivity contribution in [2.75, 3.05) is 18.7 Å². The number of nitrogens with zero attached hydrogens (tertiary/aromatic N) is 2. The zero-order valence-electron chi connectivity index (χ0n) is 10.1. The number of hydrazone groups is 1. The lowest BCUT2D eigenvalue weighted by atomic mass is 10.2. The molecule has 7 heteroatoms. The number of carbonyl (C=O) groups excluding carboxylic acids is 1. The molecule has 0 atom stereocenters. The van der Waals surface area contributed by atoms with E-state index in [0.29, 0.717) is 5.71 Å². The SMILES string of the molecule is COCC1=NN(c2cccc(C(F)(F)F)c2)C(=O)C1. The fourth-order valence-electron chi connectivity index (χ4n) is 1.74. The molecule has 1 aliphatic rings. The minimum atomic E-state index is -4.45. The summed E-state index contributed by atoms with van der Waals surface area (Å²) in [6.07, 6.45) is -4.39. The molecule has 19 heavy (non-hydrogen) atoms. The highest BCUT2D eigenvalue weighted by Gasteiger charge is 2.32. The monoisotopic (exact) mass is 272 g/mol. The summed E-state index contributed by atoms with van der Waals surface area (Å²) in [7, 11) is 1.46. The molecule has 0 radical (unpaired) electrons. The van der Waals surface area contributed by atoms with Gasteiger partial charge in [0.2, 0.25) is 0 Å². The van der Waals surface area contributed by atoms with Crippen LogP contribution in [0.4, 0.5) is 18.9 Å². The lowest BCUT2D eigenvalue weighted by Crippen LogP contribution is -2.20. The second-order valence-electron chi connectivity index (χ2n) is 4.03. The third kappa shape index (κ3) is 2.93. The number of benzene rings is 1. The predicted octanol–water partition coefficient (Wildman–Crippen LogP) is 2.44. The third-order valence-electron chi connectivity index (χ3n) is 2.56. The summed E-state index contributed by atoms with van der Waals surface area (Å²) < 4.78 is 42.6. The first kappa shape index (κ1) is 13.5. The van der Waals surface area contributed by atoms with Crippen molar-refractivity contribution in [1.82, 2.24) is 0 Å². The van der Waals surface area contributed by atoms with Crippen molar-refractivity contribution in [2.24, 2.45) is 5.10 Å². The van der Waals surface area contributed by atoms with E-state index >= 15 is 0 Å². The van der Waals surface area contributed by atoms with Gasteiger partial charge in [-0.25, -0.2) is 5.01 Å². The van der Waals surface area contributed by atoms with Gasteiger partial charge in [-0.2, -0.15) is 18.3 Å². The highest BCUT2D eigenvalue weighted by atomic mass is 19.4. The molecule has 1 aromatic rings. The fourth-order valence-corrected chi connectivity index (χ4v) is 1.74. The van der Waals surface area contributed by atoms with Gasteiger partial charge in [0.25, 0.3) is 5.91 Å².